The van der Waals surface area contributed by atoms with E-state index >= 15 is 0 Å². The Hall–Kier alpha value is -3.96. The number of aliphatic hydroxyl groups excluding tert-OH is 1. The zero-order valence-corrected chi connectivity index (χ0v) is 48.1. The van der Waals surface area contributed by atoms with Gasteiger partial charge in [0, 0.05) is 12.8 Å². The number of ether oxygens (including phenoxy) is 2. The number of aliphatic hydroxyl groups is 1. The van der Waals surface area contributed by atoms with Crippen molar-refractivity contribution in [1.29, 1.82) is 0 Å². The van der Waals surface area contributed by atoms with E-state index in [2.05, 4.69) is 148 Å². The molecule has 0 saturated heterocycles. The van der Waals surface area contributed by atoms with Gasteiger partial charge in [0.15, 0.2) is 6.10 Å². The van der Waals surface area contributed by atoms with Gasteiger partial charge in [-0.3, -0.25) is 9.59 Å². The normalized spacial score (nSPS) is 13.2. The summed E-state index contributed by atoms with van der Waals surface area (Å²) in [5.74, 6) is -0.603. The number of carbonyl (C=O) groups is 2. The van der Waals surface area contributed by atoms with E-state index < -0.39 is 6.10 Å². The molecule has 0 aliphatic rings. The van der Waals surface area contributed by atoms with Gasteiger partial charge in [-0.25, -0.2) is 0 Å². The lowest BCUT2D eigenvalue weighted by Crippen LogP contribution is -2.28. The molecule has 0 aliphatic carbocycles. The molecule has 0 aromatic rings. The van der Waals surface area contributed by atoms with Crippen molar-refractivity contribution in [3.05, 3.63) is 134 Å². The number of allylic oxidation sites excluding steroid dienone is 22. The zero-order chi connectivity index (χ0) is 53.4. The van der Waals surface area contributed by atoms with Crippen molar-refractivity contribution in [3.8, 4) is 0 Å². The van der Waals surface area contributed by atoms with E-state index in [4.69, 9.17) is 9.47 Å². The summed E-state index contributed by atoms with van der Waals surface area (Å²) in [6.45, 7) is 4.01. The fourth-order valence-corrected chi connectivity index (χ4v) is 8.34. The molecule has 5 nitrogen and oxygen atoms in total. The number of esters is 2. The first-order valence-corrected chi connectivity index (χ1v) is 30.7. The Morgan fingerprint density at radius 3 is 0.878 bits per heavy atom. The maximum absolute atomic E-state index is 12.3. The summed E-state index contributed by atoms with van der Waals surface area (Å²) in [6.07, 6.45) is 94.3. The smallest absolute Gasteiger partial charge is 0.306 e. The predicted molar refractivity (Wildman–Crippen MR) is 324 cm³/mol. The van der Waals surface area contributed by atoms with E-state index in [0.717, 1.165) is 103 Å². The SMILES string of the molecule is CC/C=C\C/C=C\C/C=C\C/C=C\C/C=C\C/C=C\C/C=C\C/C=C\CCCCCCCCCCCCCCC(=O)OC(CO)COC(=O)CCCCCCCCCC/C=C\C/C=C\C/C=C\CCCCCCC. The Labute approximate surface area is 457 Å². The molecule has 1 N–H and O–H groups in total. The van der Waals surface area contributed by atoms with Crippen LogP contribution >= 0.6 is 0 Å². The van der Waals surface area contributed by atoms with Crippen molar-refractivity contribution in [2.45, 2.75) is 277 Å². The summed E-state index contributed by atoms with van der Waals surface area (Å²) in [6, 6.07) is 0. The molecule has 0 aliphatic heterocycles. The maximum Gasteiger partial charge on any atom is 0.306 e. The number of unbranched alkanes of at least 4 members (excludes halogenated alkanes) is 25. The Kier molecular flexibility index (Phi) is 59.9. The van der Waals surface area contributed by atoms with Crippen LogP contribution in [0.3, 0.4) is 0 Å². The number of carbonyl (C=O) groups excluding carboxylic acids is 2. The highest BCUT2D eigenvalue weighted by molar-refractivity contribution is 5.70. The average Bonchev–Trinajstić information content (AvgIpc) is 3.40. The van der Waals surface area contributed by atoms with Crippen LogP contribution in [-0.4, -0.2) is 36.4 Å². The van der Waals surface area contributed by atoms with E-state index in [1.54, 1.807) is 0 Å². The highest BCUT2D eigenvalue weighted by atomic mass is 16.6. The van der Waals surface area contributed by atoms with Gasteiger partial charge in [0.2, 0.25) is 0 Å². The largest absolute Gasteiger partial charge is 0.462 e. The van der Waals surface area contributed by atoms with Crippen molar-refractivity contribution in [1.82, 2.24) is 0 Å². The van der Waals surface area contributed by atoms with Gasteiger partial charge in [-0.2, -0.15) is 0 Å². The van der Waals surface area contributed by atoms with Gasteiger partial charge >= 0.3 is 11.9 Å². The van der Waals surface area contributed by atoms with Crippen LogP contribution in [0.4, 0.5) is 0 Å². The minimum Gasteiger partial charge on any atom is -0.462 e. The van der Waals surface area contributed by atoms with Crippen LogP contribution < -0.4 is 0 Å². The lowest BCUT2D eigenvalue weighted by molar-refractivity contribution is -0.161. The average molecular weight is 1020 g/mol. The van der Waals surface area contributed by atoms with E-state index in [1.807, 2.05) is 0 Å². The Balaban J connectivity index is 3.55. The Morgan fingerprint density at radius 2 is 0.581 bits per heavy atom. The van der Waals surface area contributed by atoms with Gasteiger partial charge in [0.05, 0.1) is 6.61 Å². The third-order valence-electron chi connectivity index (χ3n) is 12.9. The molecule has 1 unspecified atom stereocenters. The van der Waals surface area contributed by atoms with Crippen molar-refractivity contribution in [3.63, 3.8) is 0 Å². The van der Waals surface area contributed by atoms with Crippen LogP contribution in [-0.2, 0) is 19.1 Å². The van der Waals surface area contributed by atoms with E-state index in [-0.39, 0.29) is 25.2 Å². The molecule has 420 valence electrons. The van der Waals surface area contributed by atoms with Crippen molar-refractivity contribution < 1.29 is 24.2 Å². The number of hydrogen-bond donors (Lipinski definition) is 1. The monoisotopic (exact) mass is 1020 g/mol. The lowest BCUT2D eigenvalue weighted by Gasteiger charge is -2.15. The van der Waals surface area contributed by atoms with Crippen LogP contribution in [0, 0.1) is 0 Å². The molecule has 0 saturated carbocycles. The molecule has 5 heteroatoms. The highest BCUT2D eigenvalue weighted by Crippen LogP contribution is 2.15. The molecule has 0 aromatic heterocycles. The van der Waals surface area contributed by atoms with E-state index in [0.29, 0.717) is 12.8 Å². The third-order valence-corrected chi connectivity index (χ3v) is 12.9. The molecule has 74 heavy (non-hydrogen) atoms. The molecule has 0 spiro atoms. The summed E-state index contributed by atoms with van der Waals surface area (Å²) < 4.78 is 10.7. The molecule has 0 rings (SSSR count). The first-order chi connectivity index (χ1) is 36.6. The van der Waals surface area contributed by atoms with E-state index in [9.17, 15) is 14.7 Å². The summed E-state index contributed by atoms with van der Waals surface area (Å²) in [7, 11) is 0. The molecule has 0 bridgehead atoms. The summed E-state index contributed by atoms with van der Waals surface area (Å²) in [5, 5.41) is 9.67. The van der Waals surface area contributed by atoms with Crippen molar-refractivity contribution >= 4 is 11.9 Å². The molecular weight excluding hydrogens is 909 g/mol. The van der Waals surface area contributed by atoms with Gasteiger partial charge in [-0.15, -0.1) is 0 Å². The maximum atomic E-state index is 12.3. The summed E-state index contributed by atoms with van der Waals surface area (Å²) >= 11 is 0. The van der Waals surface area contributed by atoms with Gasteiger partial charge in [0.1, 0.15) is 6.61 Å². The molecule has 0 fully saturated rings. The first-order valence-electron chi connectivity index (χ1n) is 30.7. The Morgan fingerprint density at radius 1 is 0.324 bits per heavy atom. The van der Waals surface area contributed by atoms with Gasteiger partial charge < -0.3 is 14.6 Å². The minimum absolute atomic E-state index is 0.0764. The molecule has 0 heterocycles. The minimum atomic E-state index is -0.786. The Bertz CT molecular complexity index is 1530. The van der Waals surface area contributed by atoms with E-state index in [1.165, 1.54) is 141 Å². The van der Waals surface area contributed by atoms with Crippen LogP contribution in [0.2, 0.25) is 0 Å². The molecule has 0 amide bonds. The molecule has 1 atom stereocenters. The van der Waals surface area contributed by atoms with Crippen LogP contribution in [0.15, 0.2) is 134 Å². The second-order valence-electron chi connectivity index (χ2n) is 20.0. The third kappa shape index (κ3) is 60.6. The summed E-state index contributed by atoms with van der Waals surface area (Å²) in [5.41, 5.74) is 0. The van der Waals surface area contributed by atoms with Crippen LogP contribution in [0.5, 0.6) is 0 Å². The predicted octanol–water partition coefficient (Wildman–Crippen LogP) is 21.2. The van der Waals surface area contributed by atoms with Crippen molar-refractivity contribution in [2.24, 2.45) is 0 Å². The molecule has 0 radical (unpaired) electrons. The highest BCUT2D eigenvalue weighted by Gasteiger charge is 2.16. The standard InChI is InChI=1S/C69H114O5/c1-3-5-7-9-11-13-15-17-19-21-23-25-27-28-29-30-31-32-33-34-35-36-37-38-39-40-42-44-46-48-50-52-54-56-58-60-62-64-69(72)74-67(65-70)66-73-68(71)63-61-59-57-55-53-51-49-47-45-43-41-26-24-22-20-18-16-14-12-10-8-6-4-2/h5,7,11,13,16-19,22-25,28-29,31-32,34-35,37-38,41,43,67,70H,3-4,6,8-10,12,14-15,20-21,26-27,30,33,36,39-40,42,44-66H2,1-2H3/b7-5-,13-11-,18-16-,19-17-,24-22-,25-23-,29-28-,32-31-,35-34-,38-37-,43-41-. The number of rotatable bonds is 55. The first kappa shape index (κ1) is 70.0. The number of hydrogen-bond acceptors (Lipinski definition) is 5. The fourth-order valence-electron chi connectivity index (χ4n) is 8.34. The van der Waals surface area contributed by atoms with Gasteiger partial charge in [-0.05, 0) is 116 Å². The zero-order valence-electron chi connectivity index (χ0n) is 48.1. The molecular formula is C69H114O5. The second kappa shape index (κ2) is 63.3. The topological polar surface area (TPSA) is 72.8 Å². The second-order valence-corrected chi connectivity index (χ2v) is 20.0. The lowest BCUT2D eigenvalue weighted by atomic mass is 10.0. The quantitative estimate of drug-likeness (QED) is 0.0373. The van der Waals surface area contributed by atoms with Gasteiger partial charge in [-0.1, -0.05) is 276 Å². The van der Waals surface area contributed by atoms with Crippen molar-refractivity contribution in [2.75, 3.05) is 13.2 Å². The van der Waals surface area contributed by atoms with Crippen LogP contribution in [0.1, 0.15) is 271 Å². The fraction of sp³-hybridized carbons (Fsp3) is 0.652. The molecule has 0 aromatic carbocycles. The summed E-state index contributed by atoms with van der Waals surface area (Å²) in [4.78, 5) is 24.6. The van der Waals surface area contributed by atoms with Gasteiger partial charge in [0.25, 0.3) is 0 Å². The van der Waals surface area contributed by atoms with Crippen LogP contribution in [0.25, 0.3) is 0 Å².